The first-order valence-corrected chi connectivity index (χ1v) is 15.9. The predicted octanol–water partition coefficient (Wildman–Crippen LogP) is 9.39. The van der Waals surface area contributed by atoms with Gasteiger partial charge in [-0.1, -0.05) is 80.6 Å². The van der Waals surface area contributed by atoms with Crippen LogP contribution in [0.1, 0.15) is 62.6 Å². The average Bonchev–Trinajstić information content (AvgIpc) is 3.07. The van der Waals surface area contributed by atoms with Gasteiger partial charge in [-0.25, -0.2) is 15.0 Å². The number of hydrogen-bond acceptors (Lipinski definition) is 5. The van der Waals surface area contributed by atoms with Gasteiger partial charge in [0.05, 0.1) is 23.3 Å². The Kier molecular flexibility index (Phi) is 7.48. The number of hydrogen-bond donors (Lipinski definition) is 0. The molecule has 5 aromatic rings. The van der Waals surface area contributed by atoms with Crippen molar-refractivity contribution in [3.8, 4) is 57.4 Å². The smallest absolute Gasteiger partial charge is 0.164 e. The normalized spacial score (nSPS) is 22.3. The molecule has 1 heterocycles. The zero-order valence-electron chi connectivity index (χ0n) is 25.7. The van der Waals surface area contributed by atoms with E-state index in [4.69, 9.17) is 15.0 Å². The van der Waals surface area contributed by atoms with Crippen molar-refractivity contribution in [1.29, 1.82) is 10.5 Å². The van der Waals surface area contributed by atoms with E-state index in [0.717, 1.165) is 45.6 Å². The third-order valence-electron chi connectivity index (χ3n) is 9.72. The monoisotopic (exact) mass is 585 g/mol. The molecule has 2 saturated carbocycles. The van der Waals surface area contributed by atoms with Gasteiger partial charge in [0.25, 0.3) is 0 Å². The highest BCUT2D eigenvalue weighted by molar-refractivity contribution is 5.74. The molecule has 2 fully saturated rings. The fourth-order valence-electron chi connectivity index (χ4n) is 8.11. The van der Waals surface area contributed by atoms with E-state index < -0.39 is 0 Å². The quantitative estimate of drug-likeness (QED) is 0.205. The van der Waals surface area contributed by atoms with Crippen molar-refractivity contribution >= 4 is 0 Å². The van der Waals surface area contributed by atoms with Gasteiger partial charge < -0.3 is 0 Å². The minimum atomic E-state index is 0.261. The summed E-state index contributed by atoms with van der Waals surface area (Å²) >= 11 is 0. The number of fused-ring (bicyclic) bond motifs is 2. The molecule has 0 radical (unpaired) electrons. The Morgan fingerprint density at radius 2 is 1.09 bits per heavy atom. The summed E-state index contributed by atoms with van der Waals surface area (Å²) < 4.78 is 0. The fourth-order valence-corrected chi connectivity index (χ4v) is 8.11. The molecule has 2 aliphatic rings. The van der Waals surface area contributed by atoms with Crippen molar-refractivity contribution in [2.45, 2.75) is 51.4 Å². The molecule has 220 valence electrons. The molecule has 7 rings (SSSR count). The summed E-state index contributed by atoms with van der Waals surface area (Å²) in [7, 11) is 0. The van der Waals surface area contributed by atoms with Gasteiger partial charge in [-0.15, -0.1) is 0 Å². The van der Waals surface area contributed by atoms with Crippen molar-refractivity contribution in [2.24, 2.45) is 17.8 Å². The van der Waals surface area contributed by atoms with Crippen molar-refractivity contribution < 1.29 is 0 Å². The first kappa shape index (κ1) is 28.6. The average molecular weight is 586 g/mol. The zero-order chi connectivity index (χ0) is 31.0. The summed E-state index contributed by atoms with van der Waals surface area (Å²) in [6.07, 6.45) is 6.54. The summed E-state index contributed by atoms with van der Waals surface area (Å²) in [5.41, 5.74) is 7.18. The second-order valence-electron chi connectivity index (χ2n) is 13.3. The van der Waals surface area contributed by atoms with E-state index in [-0.39, 0.29) is 5.41 Å². The molecule has 4 aromatic carbocycles. The van der Waals surface area contributed by atoms with Crippen LogP contribution >= 0.6 is 0 Å². The van der Waals surface area contributed by atoms with Crippen LogP contribution in [-0.4, -0.2) is 15.0 Å². The van der Waals surface area contributed by atoms with Crippen LogP contribution in [0.5, 0.6) is 0 Å². The Balaban J connectivity index is 1.31. The van der Waals surface area contributed by atoms with Crippen LogP contribution in [0.4, 0.5) is 0 Å². The molecule has 5 nitrogen and oxygen atoms in total. The maximum atomic E-state index is 9.91. The van der Waals surface area contributed by atoms with Crippen LogP contribution in [0.15, 0.2) is 97.1 Å². The topological polar surface area (TPSA) is 86.2 Å². The Hall–Kier alpha value is -5.13. The molecule has 0 amide bonds. The Morgan fingerprint density at radius 1 is 0.556 bits per heavy atom. The van der Waals surface area contributed by atoms with Gasteiger partial charge in [0.1, 0.15) is 0 Å². The van der Waals surface area contributed by atoms with Crippen LogP contribution in [0.25, 0.3) is 45.3 Å². The van der Waals surface area contributed by atoms with E-state index in [2.05, 4.69) is 50.3 Å². The fraction of sp³-hybridized carbons (Fsp3) is 0.275. The predicted molar refractivity (Wildman–Crippen MR) is 178 cm³/mol. The number of nitrogens with zero attached hydrogens (tertiary/aromatic N) is 5. The molecule has 0 spiro atoms. The van der Waals surface area contributed by atoms with Gasteiger partial charge in [0, 0.05) is 16.7 Å². The molecule has 0 N–H and O–H groups in total. The lowest BCUT2D eigenvalue weighted by molar-refractivity contribution is 0.0780. The number of nitriles is 2. The van der Waals surface area contributed by atoms with Gasteiger partial charge >= 0.3 is 0 Å². The van der Waals surface area contributed by atoms with Crippen LogP contribution in [0.3, 0.4) is 0 Å². The van der Waals surface area contributed by atoms with Crippen molar-refractivity contribution in [3.05, 3.63) is 114 Å². The van der Waals surface area contributed by atoms with Crippen molar-refractivity contribution in [1.82, 2.24) is 15.0 Å². The molecule has 4 atom stereocenters. The van der Waals surface area contributed by atoms with Crippen molar-refractivity contribution in [3.63, 3.8) is 0 Å². The highest BCUT2D eigenvalue weighted by Gasteiger charge is 2.45. The molecule has 5 heteroatoms. The van der Waals surface area contributed by atoms with Gasteiger partial charge in [0.15, 0.2) is 17.5 Å². The SMILES string of the molecule is C[C@@H]1CC2C[C@H](C)CC(c3ccc(-c4nc(-c5ccccc5)nc(-c5cc(C#N)cc(-c6ccc(C#N)cc6)c5)n4)cc3)(C2)C1. The number of rotatable bonds is 5. The minimum absolute atomic E-state index is 0.261. The summed E-state index contributed by atoms with van der Waals surface area (Å²) in [6.45, 7) is 4.85. The van der Waals surface area contributed by atoms with Crippen molar-refractivity contribution in [2.75, 3.05) is 0 Å². The van der Waals surface area contributed by atoms with E-state index in [1.807, 2.05) is 60.7 Å². The maximum Gasteiger partial charge on any atom is 0.164 e. The highest BCUT2D eigenvalue weighted by atomic mass is 15.0. The largest absolute Gasteiger partial charge is 0.208 e. The molecule has 45 heavy (non-hydrogen) atoms. The van der Waals surface area contributed by atoms with E-state index in [1.54, 1.807) is 12.1 Å². The molecular formula is C40H35N5. The van der Waals surface area contributed by atoms with Gasteiger partial charge in [-0.3, -0.25) is 0 Å². The molecular weight excluding hydrogens is 550 g/mol. The lowest BCUT2D eigenvalue weighted by Gasteiger charge is -2.50. The van der Waals surface area contributed by atoms with Crippen LogP contribution < -0.4 is 0 Å². The van der Waals surface area contributed by atoms with Gasteiger partial charge in [-0.05, 0) is 102 Å². The lowest BCUT2D eigenvalue weighted by atomic mass is 9.54. The van der Waals surface area contributed by atoms with E-state index in [0.29, 0.717) is 28.6 Å². The number of aromatic nitrogens is 3. The molecule has 0 saturated heterocycles. The first-order chi connectivity index (χ1) is 21.9. The molecule has 0 aliphatic heterocycles. The Labute approximate surface area is 265 Å². The molecule has 1 aromatic heterocycles. The second kappa shape index (κ2) is 11.8. The van der Waals surface area contributed by atoms with Crippen LogP contribution in [0, 0.1) is 40.4 Å². The zero-order valence-corrected chi connectivity index (χ0v) is 25.7. The first-order valence-electron chi connectivity index (χ1n) is 15.9. The van der Waals surface area contributed by atoms with Crippen LogP contribution in [-0.2, 0) is 5.41 Å². The summed E-state index contributed by atoms with van der Waals surface area (Å²) in [4.78, 5) is 14.9. The Morgan fingerprint density at radius 3 is 1.69 bits per heavy atom. The minimum Gasteiger partial charge on any atom is -0.208 e. The van der Waals surface area contributed by atoms with Gasteiger partial charge in [0.2, 0.25) is 0 Å². The second-order valence-corrected chi connectivity index (χ2v) is 13.3. The third kappa shape index (κ3) is 5.75. The third-order valence-corrected chi connectivity index (χ3v) is 9.72. The van der Waals surface area contributed by atoms with E-state index >= 15 is 0 Å². The summed E-state index contributed by atoms with van der Waals surface area (Å²) in [5.74, 6) is 4.05. The van der Waals surface area contributed by atoms with E-state index in [1.165, 1.54) is 37.7 Å². The Bertz CT molecular complexity index is 1910. The van der Waals surface area contributed by atoms with Crippen LogP contribution in [0.2, 0.25) is 0 Å². The standard InChI is InChI=1S/C40H35N5/c1-26-16-29-17-27(2)22-40(21-26,23-29)36-14-12-33(13-15-36)38-43-37(32-6-4-3-5-7-32)44-39(45-38)35-19-30(25-42)18-34(20-35)31-10-8-28(24-41)9-11-31/h3-15,18-20,26-27,29H,16-17,21-23H2,1-2H3/t26-,27+,29?,40?. The molecule has 2 unspecified atom stereocenters. The summed E-state index contributed by atoms with van der Waals surface area (Å²) in [5, 5.41) is 19.1. The molecule has 2 bridgehead atoms. The lowest BCUT2D eigenvalue weighted by Crippen LogP contribution is -2.42. The molecule has 2 aliphatic carbocycles. The maximum absolute atomic E-state index is 9.91. The van der Waals surface area contributed by atoms with Gasteiger partial charge in [-0.2, -0.15) is 10.5 Å². The highest BCUT2D eigenvalue weighted by Crippen LogP contribution is 2.54. The van der Waals surface area contributed by atoms with E-state index in [9.17, 15) is 10.5 Å². The number of benzene rings is 4. The summed E-state index contributed by atoms with van der Waals surface area (Å²) in [6, 6.07) is 36.5.